The molecule has 1 aliphatic rings. The van der Waals surface area contributed by atoms with Gasteiger partial charge < -0.3 is 14.2 Å². The predicted octanol–water partition coefficient (Wildman–Crippen LogP) is -0.405. The highest BCUT2D eigenvalue weighted by molar-refractivity contribution is 4.76. The standard InChI is InChI=1S/C7H15NO3/c1-8-7(9-2)5-10-3-4-11-6-7/h8H,3-6H2,1-2H3. The van der Waals surface area contributed by atoms with E-state index in [2.05, 4.69) is 5.32 Å². The third kappa shape index (κ3) is 2.13. The molecule has 0 atom stereocenters. The Morgan fingerprint density at radius 2 is 1.82 bits per heavy atom. The summed E-state index contributed by atoms with van der Waals surface area (Å²) in [5.41, 5.74) is -0.448. The van der Waals surface area contributed by atoms with Crippen molar-refractivity contribution < 1.29 is 14.2 Å². The van der Waals surface area contributed by atoms with E-state index in [1.807, 2.05) is 7.05 Å². The molecule has 11 heavy (non-hydrogen) atoms. The molecule has 0 spiro atoms. The number of methoxy groups -OCH3 is 1. The number of hydrogen-bond acceptors (Lipinski definition) is 4. The minimum atomic E-state index is -0.448. The number of nitrogens with one attached hydrogen (secondary N) is 1. The van der Waals surface area contributed by atoms with Crippen molar-refractivity contribution in [3.63, 3.8) is 0 Å². The molecular formula is C7H15NO3. The van der Waals surface area contributed by atoms with E-state index in [1.165, 1.54) is 0 Å². The average Bonchev–Trinajstić information content (AvgIpc) is 2.30. The second-order valence-electron chi connectivity index (χ2n) is 2.55. The van der Waals surface area contributed by atoms with Gasteiger partial charge in [0, 0.05) is 7.11 Å². The van der Waals surface area contributed by atoms with Crippen molar-refractivity contribution in [2.45, 2.75) is 5.72 Å². The summed E-state index contributed by atoms with van der Waals surface area (Å²) in [6.45, 7) is 2.37. The van der Waals surface area contributed by atoms with Crippen LogP contribution in [-0.2, 0) is 14.2 Å². The Bertz CT molecular complexity index is 104. The van der Waals surface area contributed by atoms with Crippen LogP contribution >= 0.6 is 0 Å². The Morgan fingerprint density at radius 1 is 1.27 bits per heavy atom. The first kappa shape index (κ1) is 8.93. The molecule has 1 fully saturated rings. The summed E-state index contributed by atoms with van der Waals surface area (Å²) in [4.78, 5) is 0. The molecule has 0 saturated carbocycles. The fourth-order valence-corrected chi connectivity index (χ4v) is 0.998. The van der Waals surface area contributed by atoms with Crippen LogP contribution in [0.15, 0.2) is 0 Å². The Balaban J connectivity index is 2.49. The molecule has 0 aliphatic carbocycles. The van der Waals surface area contributed by atoms with Crippen LogP contribution in [0.4, 0.5) is 0 Å². The van der Waals surface area contributed by atoms with Crippen LogP contribution in [-0.4, -0.2) is 46.3 Å². The molecule has 0 aromatic heterocycles. The van der Waals surface area contributed by atoms with E-state index in [0.717, 1.165) is 0 Å². The molecule has 1 heterocycles. The number of hydrogen-bond donors (Lipinski definition) is 1. The van der Waals surface area contributed by atoms with Crippen molar-refractivity contribution in [2.75, 3.05) is 40.6 Å². The van der Waals surface area contributed by atoms with E-state index >= 15 is 0 Å². The lowest BCUT2D eigenvalue weighted by molar-refractivity contribution is -0.103. The molecule has 1 N–H and O–H groups in total. The molecule has 0 bridgehead atoms. The third-order valence-corrected chi connectivity index (χ3v) is 1.89. The van der Waals surface area contributed by atoms with Crippen molar-refractivity contribution in [1.29, 1.82) is 0 Å². The van der Waals surface area contributed by atoms with Crippen molar-refractivity contribution in [1.82, 2.24) is 5.32 Å². The van der Waals surface area contributed by atoms with Gasteiger partial charge in [0.2, 0.25) is 0 Å². The van der Waals surface area contributed by atoms with Gasteiger partial charge in [0.1, 0.15) is 0 Å². The zero-order valence-electron chi connectivity index (χ0n) is 7.05. The minimum absolute atomic E-state index is 0.448. The Kier molecular flexibility index (Phi) is 3.26. The Hall–Kier alpha value is -0.160. The number of likely N-dealkylation sites (N-methyl/N-ethyl adjacent to an activating group) is 1. The van der Waals surface area contributed by atoms with Gasteiger partial charge in [0.05, 0.1) is 26.4 Å². The zero-order valence-corrected chi connectivity index (χ0v) is 7.05. The molecule has 66 valence electrons. The van der Waals surface area contributed by atoms with Gasteiger partial charge in [-0.25, -0.2) is 0 Å². The summed E-state index contributed by atoms with van der Waals surface area (Å²) in [6, 6.07) is 0. The normalized spacial score (nSPS) is 24.5. The van der Waals surface area contributed by atoms with E-state index < -0.39 is 5.72 Å². The van der Waals surface area contributed by atoms with E-state index in [0.29, 0.717) is 26.4 Å². The van der Waals surface area contributed by atoms with Gasteiger partial charge in [-0.2, -0.15) is 0 Å². The van der Waals surface area contributed by atoms with E-state index in [1.54, 1.807) is 7.11 Å². The third-order valence-electron chi connectivity index (χ3n) is 1.89. The number of ether oxygens (including phenoxy) is 3. The molecule has 1 rings (SSSR count). The monoisotopic (exact) mass is 161 g/mol. The summed E-state index contributed by atoms with van der Waals surface area (Å²) in [5, 5.41) is 3.03. The van der Waals surface area contributed by atoms with E-state index in [9.17, 15) is 0 Å². The summed E-state index contributed by atoms with van der Waals surface area (Å²) in [7, 11) is 3.48. The molecular weight excluding hydrogens is 146 g/mol. The molecule has 0 radical (unpaired) electrons. The first-order valence-corrected chi connectivity index (χ1v) is 3.72. The SMILES string of the molecule is CNC1(OC)COCCOC1. The first-order valence-electron chi connectivity index (χ1n) is 3.72. The Labute approximate surface area is 66.8 Å². The maximum Gasteiger partial charge on any atom is 0.165 e. The van der Waals surface area contributed by atoms with Crippen LogP contribution in [0.1, 0.15) is 0 Å². The van der Waals surface area contributed by atoms with Crippen molar-refractivity contribution in [2.24, 2.45) is 0 Å². The van der Waals surface area contributed by atoms with Gasteiger partial charge in [-0.1, -0.05) is 0 Å². The van der Waals surface area contributed by atoms with Gasteiger partial charge in [-0.15, -0.1) is 0 Å². The minimum Gasteiger partial charge on any atom is -0.375 e. The maximum atomic E-state index is 5.28. The van der Waals surface area contributed by atoms with Gasteiger partial charge in [0.25, 0.3) is 0 Å². The second-order valence-corrected chi connectivity index (χ2v) is 2.55. The maximum absolute atomic E-state index is 5.28. The lowest BCUT2D eigenvalue weighted by atomic mass is 10.2. The average molecular weight is 161 g/mol. The smallest absolute Gasteiger partial charge is 0.165 e. The van der Waals surface area contributed by atoms with Crippen LogP contribution < -0.4 is 5.32 Å². The highest BCUT2D eigenvalue weighted by Gasteiger charge is 2.30. The molecule has 0 unspecified atom stereocenters. The summed E-state index contributed by atoms with van der Waals surface area (Å²) < 4.78 is 15.8. The second kappa shape index (κ2) is 4.01. The quantitative estimate of drug-likeness (QED) is 0.559. The van der Waals surface area contributed by atoms with Gasteiger partial charge in [-0.3, -0.25) is 5.32 Å². The van der Waals surface area contributed by atoms with Crippen molar-refractivity contribution in [3.8, 4) is 0 Å². The Morgan fingerprint density at radius 3 is 2.18 bits per heavy atom. The van der Waals surface area contributed by atoms with Crippen LogP contribution in [0, 0.1) is 0 Å². The highest BCUT2D eigenvalue weighted by atomic mass is 16.6. The molecule has 1 aliphatic heterocycles. The van der Waals surface area contributed by atoms with Crippen LogP contribution in [0.2, 0.25) is 0 Å². The first-order chi connectivity index (χ1) is 5.33. The highest BCUT2D eigenvalue weighted by Crippen LogP contribution is 2.09. The number of rotatable bonds is 2. The fourth-order valence-electron chi connectivity index (χ4n) is 0.998. The van der Waals surface area contributed by atoms with Crippen LogP contribution in [0.3, 0.4) is 0 Å². The lowest BCUT2D eigenvalue weighted by Gasteiger charge is -2.28. The van der Waals surface area contributed by atoms with Crippen molar-refractivity contribution in [3.05, 3.63) is 0 Å². The largest absolute Gasteiger partial charge is 0.375 e. The van der Waals surface area contributed by atoms with Gasteiger partial charge in [0.15, 0.2) is 5.72 Å². The predicted molar refractivity (Wildman–Crippen MR) is 40.4 cm³/mol. The molecule has 0 aromatic rings. The van der Waals surface area contributed by atoms with Gasteiger partial charge >= 0.3 is 0 Å². The van der Waals surface area contributed by atoms with Gasteiger partial charge in [-0.05, 0) is 7.05 Å². The molecule has 0 amide bonds. The summed E-state index contributed by atoms with van der Waals surface area (Å²) in [6.07, 6.45) is 0. The molecule has 4 nitrogen and oxygen atoms in total. The zero-order chi connectivity index (χ0) is 8.16. The summed E-state index contributed by atoms with van der Waals surface area (Å²) in [5.74, 6) is 0. The fraction of sp³-hybridized carbons (Fsp3) is 1.00. The van der Waals surface area contributed by atoms with Crippen molar-refractivity contribution >= 4 is 0 Å². The lowest BCUT2D eigenvalue weighted by Crippen LogP contribution is -2.51. The summed E-state index contributed by atoms with van der Waals surface area (Å²) >= 11 is 0. The molecule has 0 aromatic carbocycles. The molecule has 4 heteroatoms. The molecule has 1 saturated heterocycles. The van der Waals surface area contributed by atoms with E-state index in [4.69, 9.17) is 14.2 Å². The van der Waals surface area contributed by atoms with E-state index in [-0.39, 0.29) is 0 Å². The van der Waals surface area contributed by atoms with Crippen LogP contribution in [0.25, 0.3) is 0 Å². The topological polar surface area (TPSA) is 39.7 Å². The van der Waals surface area contributed by atoms with Crippen LogP contribution in [0.5, 0.6) is 0 Å².